The molecule has 20 heavy (non-hydrogen) atoms. The Kier molecular flexibility index (Phi) is 4.94. The highest BCUT2D eigenvalue weighted by Crippen LogP contribution is 2.18. The maximum absolute atomic E-state index is 11.9. The minimum atomic E-state index is -3.44. The quantitative estimate of drug-likeness (QED) is 0.670. The fourth-order valence-corrected chi connectivity index (χ4v) is 2.30. The third kappa shape index (κ3) is 3.80. The second kappa shape index (κ2) is 5.93. The maximum atomic E-state index is 11.9. The van der Waals surface area contributed by atoms with Crippen molar-refractivity contribution in [2.24, 2.45) is 0 Å². The van der Waals surface area contributed by atoms with Gasteiger partial charge in [-0.1, -0.05) is 6.92 Å². The van der Waals surface area contributed by atoms with Crippen molar-refractivity contribution in [2.75, 3.05) is 14.1 Å². The van der Waals surface area contributed by atoms with E-state index in [9.17, 15) is 8.42 Å². The second-order valence-corrected chi connectivity index (χ2v) is 7.51. The summed E-state index contributed by atoms with van der Waals surface area (Å²) < 4.78 is 30.6. The van der Waals surface area contributed by atoms with Crippen molar-refractivity contribution in [3.05, 3.63) is 29.8 Å². The third-order valence-corrected chi connectivity index (χ3v) is 4.95. The number of nitrogens with one attached hydrogen (secondary N) is 1. The van der Waals surface area contributed by atoms with Gasteiger partial charge in [0.25, 0.3) is 0 Å². The smallest absolute Gasteiger partial charge is 0.242 e. The summed E-state index contributed by atoms with van der Waals surface area (Å²) in [5.41, 5.74) is 0.148. The zero-order valence-corrected chi connectivity index (χ0v) is 13.4. The highest BCUT2D eigenvalue weighted by atomic mass is 32.2. The molecule has 0 aromatic heterocycles. The molecule has 0 aliphatic rings. The van der Waals surface area contributed by atoms with E-state index in [4.69, 9.17) is 10.1 Å². The summed E-state index contributed by atoms with van der Waals surface area (Å²) in [6, 6.07) is 6.15. The Hall–Kier alpha value is -1.40. The molecule has 0 atom stereocenters. The summed E-state index contributed by atoms with van der Waals surface area (Å²) >= 11 is 0. The summed E-state index contributed by atoms with van der Waals surface area (Å²) in [6.45, 7) is 5.80. The number of sulfonamides is 1. The maximum Gasteiger partial charge on any atom is 0.242 e. The minimum Gasteiger partial charge on any atom is -0.472 e. The molecule has 0 amide bonds. The molecule has 0 radical (unpaired) electrons. The van der Waals surface area contributed by atoms with Crippen molar-refractivity contribution in [3.8, 4) is 0 Å². The lowest BCUT2D eigenvalue weighted by Crippen LogP contribution is -2.27. The van der Waals surface area contributed by atoms with E-state index in [0.29, 0.717) is 5.56 Å². The molecule has 1 aromatic carbocycles. The molecular weight excluding hydrogens is 276 g/mol. The van der Waals surface area contributed by atoms with Crippen LogP contribution in [0.5, 0.6) is 0 Å². The second-order valence-electron chi connectivity index (χ2n) is 5.36. The van der Waals surface area contributed by atoms with Crippen molar-refractivity contribution < 1.29 is 13.2 Å². The molecule has 0 fully saturated rings. The predicted octanol–water partition coefficient (Wildman–Crippen LogP) is 2.47. The minimum absolute atomic E-state index is 0.0469. The number of benzene rings is 1. The van der Waals surface area contributed by atoms with Gasteiger partial charge < -0.3 is 4.74 Å². The molecular formula is C14H22N2O3S. The molecule has 1 aromatic rings. The molecule has 1 rings (SSSR count). The lowest BCUT2D eigenvalue weighted by Gasteiger charge is -2.25. The van der Waals surface area contributed by atoms with Gasteiger partial charge in [-0.15, -0.1) is 0 Å². The standard InChI is InChI=1S/C14H22N2O3S/c1-6-14(2,3)19-13(15)11-7-9-12(10-8-11)20(17,18)16(4)5/h7-10,15H,6H2,1-5H3. The van der Waals surface area contributed by atoms with Gasteiger partial charge in [-0.05, 0) is 44.5 Å². The normalized spacial score (nSPS) is 12.5. The van der Waals surface area contributed by atoms with Crippen LogP contribution in [0.4, 0.5) is 0 Å². The van der Waals surface area contributed by atoms with Crippen molar-refractivity contribution >= 4 is 15.9 Å². The van der Waals surface area contributed by atoms with Crippen molar-refractivity contribution in [2.45, 2.75) is 37.7 Å². The lowest BCUT2D eigenvalue weighted by atomic mass is 10.1. The van der Waals surface area contributed by atoms with Gasteiger partial charge in [0.15, 0.2) is 0 Å². The Bertz CT molecular complexity index is 575. The van der Waals surface area contributed by atoms with Crippen LogP contribution in [0, 0.1) is 5.41 Å². The van der Waals surface area contributed by atoms with Crippen LogP contribution < -0.4 is 0 Å². The van der Waals surface area contributed by atoms with E-state index in [0.717, 1.165) is 10.7 Å². The highest BCUT2D eigenvalue weighted by molar-refractivity contribution is 7.89. The van der Waals surface area contributed by atoms with Crippen LogP contribution in [0.1, 0.15) is 32.8 Å². The first kappa shape index (κ1) is 16.7. The van der Waals surface area contributed by atoms with Gasteiger partial charge in [-0.2, -0.15) is 0 Å². The van der Waals surface area contributed by atoms with Gasteiger partial charge in [-0.25, -0.2) is 12.7 Å². The van der Waals surface area contributed by atoms with Gasteiger partial charge in [0, 0.05) is 19.7 Å². The van der Waals surface area contributed by atoms with Crippen molar-refractivity contribution in [1.82, 2.24) is 4.31 Å². The van der Waals surface area contributed by atoms with Crippen LogP contribution in [0.2, 0.25) is 0 Å². The topological polar surface area (TPSA) is 70.5 Å². The average Bonchev–Trinajstić information content (AvgIpc) is 2.38. The zero-order valence-electron chi connectivity index (χ0n) is 12.6. The number of nitrogens with zero attached hydrogens (tertiary/aromatic N) is 1. The van der Waals surface area contributed by atoms with Gasteiger partial charge >= 0.3 is 0 Å². The van der Waals surface area contributed by atoms with Crippen LogP contribution >= 0.6 is 0 Å². The van der Waals surface area contributed by atoms with E-state index >= 15 is 0 Å². The summed E-state index contributed by atoms with van der Waals surface area (Å²) in [4.78, 5) is 0.203. The van der Waals surface area contributed by atoms with Crippen LogP contribution in [0.25, 0.3) is 0 Å². The molecule has 112 valence electrons. The van der Waals surface area contributed by atoms with Crippen LogP contribution in [-0.4, -0.2) is 38.3 Å². The molecule has 0 aliphatic carbocycles. The Balaban J connectivity index is 2.96. The van der Waals surface area contributed by atoms with Gasteiger partial charge in [0.2, 0.25) is 15.9 Å². The van der Waals surface area contributed by atoms with E-state index in [1.54, 1.807) is 12.1 Å². The van der Waals surface area contributed by atoms with E-state index in [1.165, 1.54) is 26.2 Å². The lowest BCUT2D eigenvalue weighted by molar-refractivity contribution is 0.0909. The molecule has 0 heterocycles. The Labute approximate surface area is 121 Å². The van der Waals surface area contributed by atoms with Crippen LogP contribution in [-0.2, 0) is 14.8 Å². The Morgan fingerprint density at radius 2 is 1.75 bits per heavy atom. The fraction of sp³-hybridized carbons (Fsp3) is 0.500. The average molecular weight is 298 g/mol. The summed E-state index contributed by atoms with van der Waals surface area (Å²) in [6.07, 6.45) is 0.780. The van der Waals surface area contributed by atoms with E-state index in [-0.39, 0.29) is 10.8 Å². The SMILES string of the molecule is CCC(C)(C)OC(=N)c1ccc(S(=O)(=O)N(C)C)cc1. The van der Waals surface area contributed by atoms with Gasteiger partial charge in [-0.3, -0.25) is 5.41 Å². The van der Waals surface area contributed by atoms with Gasteiger partial charge in [0.1, 0.15) is 5.60 Å². The number of ether oxygens (including phenoxy) is 1. The first-order valence-corrected chi connectivity index (χ1v) is 7.84. The molecule has 0 saturated carbocycles. The molecule has 0 spiro atoms. The third-order valence-electron chi connectivity index (χ3n) is 3.12. The highest BCUT2D eigenvalue weighted by Gasteiger charge is 2.20. The van der Waals surface area contributed by atoms with Crippen molar-refractivity contribution in [3.63, 3.8) is 0 Å². The first-order valence-electron chi connectivity index (χ1n) is 6.40. The molecule has 0 bridgehead atoms. The summed E-state index contributed by atoms with van der Waals surface area (Å²) in [5, 5.41) is 7.92. The van der Waals surface area contributed by atoms with Crippen LogP contribution in [0.3, 0.4) is 0 Å². The number of rotatable bonds is 5. The molecule has 1 N–H and O–H groups in total. The van der Waals surface area contributed by atoms with Crippen molar-refractivity contribution in [1.29, 1.82) is 5.41 Å². The molecule has 6 heteroatoms. The summed E-state index contributed by atoms with van der Waals surface area (Å²) in [7, 11) is -0.469. The predicted molar refractivity (Wildman–Crippen MR) is 79.6 cm³/mol. The monoisotopic (exact) mass is 298 g/mol. The zero-order chi connectivity index (χ0) is 15.6. The van der Waals surface area contributed by atoms with E-state index < -0.39 is 15.6 Å². The summed E-state index contributed by atoms with van der Waals surface area (Å²) in [5.74, 6) is 0.0469. The van der Waals surface area contributed by atoms with Crippen LogP contribution in [0.15, 0.2) is 29.2 Å². The Morgan fingerprint density at radius 1 is 1.25 bits per heavy atom. The van der Waals surface area contributed by atoms with E-state index in [2.05, 4.69) is 0 Å². The number of hydrogen-bond acceptors (Lipinski definition) is 4. The van der Waals surface area contributed by atoms with E-state index in [1.807, 2.05) is 20.8 Å². The molecule has 5 nitrogen and oxygen atoms in total. The Morgan fingerprint density at radius 3 is 2.15 bits per heavy atom. The largest absolute Gasteiger partial charge is 0.472 e. The molecule has 0 saturated heterocycles. The molecule has 0 aliphatic heterocycles. The van der Waals surface area contributed by atoms with Gasteiger partial charge in [0.05, 0.1) is 4.90 Å². The first-order chi connectivity index (χ1) is 9.10. The fourth-order valence-electron chi connectivity index (χ4n) is 1.40. The molecule has 0 unspecified atom stereocenters. The number of hydrogen-bond donors (Lipinski definition) is 1.